The molecule has 2 N–H and O–H groups in total. The third-order valence-corrected chi connectivity index (χ3v) is 4.81. The predicted molar refractivity (Wildman–Crippen MR) is 77.3 cm³/mol. The number of carbonyl (C=O) groups is 1. The van der Waals surface area contributed by atoms with Gasteiger partial charge in [0.25, 0.3) is 0 Å². The van der Waals surface area contributed by atoms with Crippen molar-refractivity contribution in [2.24, 2.45) is 11.8 Å². The smallest absolute Gasteiger partial charge is 0.356 e. The van der Waals surface area contributed by atoms with Crippen molar-refractivity contribution in [2.45, 2.75) is 38.2 Å². The quantitative estimate of drug-likeness (QED) is 0.878. The molecule has 21 heavy (non-hydrogen) atoms. The summed E-state index contributed by atoms with van der Waals surface area (Å²) in [7, 11) is 0. The van der Waals surface area contributed by atoms with Crippen molar-refractivity contribution < 1.29 is 15.0 Å². The van der Waals surface area contributed by atoms with Crippen molar-refractivity contribution in [1.82, 2.24) is 9.97 Å². The first-order chi connectivity index (χ1) is 10.1. The van der Waals surface area contributed by atoms with Gasteiger partial charge in [0.15, 0.2) is 5.69 Å². The van der Waals surface area contributed by atoms with Gasteiger partial charge in [-0.3, -0.25) is 0 Å². The molecule has 2 aliphatic rings. The Balaban J connectivity index is 1.71. The molecule has 1 aromatic heterocycles. The number of aliphatic hydroxyl groups is 1. The van der Waals surface area contributed by atoms with Gasteiger partial charge in [-0.25, -0.2) is 14.8 Å². The van der Waals surface area contributed by atoms with Crippen molar-refractivity contribution in [3.8, 4) is 0 Å². The maximum absolute atomic E-state index is 10.8. The van der Waals surface area contributed by atoms with Crippen LogP contribution in [0.25, 0.3) is 0 Å². The number of anilines is 1. The lowest BCUT2D eigenvalue weighted by Crippen LogP contribution is -2.46. The molecule has 1 aliphatic heterocycles. The molecule has 1 saturated heterocycles. The first-order valence-corrected chi connectivity index (χ1v) is 7.63. The molecule has 6 heteroatoms. The Labute approximate surface area is 123 Å². The van der Waals surface area contributed by atoms with Crippen LogP contribution in [-0.4, -0.2) is 45.3 Å². The maximum atomic E-state index is 10.8. The van der Waals surface area contributed by atoms with Gasteiger partial charge in [-0.1, -0.05) is 25.7 Å². The number of rotatable bonds is 3. The first kappa shape index (κ1) is 14.3. The molecule has 0 amide bonds. The molecule has 1 aromatic rings. The minimum absolute atomic E-state index is 0.0388. The molecule has 2 fully saturated rings. The van der Waals surface area contributed by atoms with Gasteiger partial charge in [-0.2, -0.15) is 0 Å². The molecule has 1 aliphatic carbocycles. The van der Waals surface area contributed by atoms with Crippen molar-refractivity contribution >= 4 is 11.8 Å². The van der Waals surface area contributed by atoms with Crippen molar-refractivity contribution in [1.29, 1.82) is 0 Å². The molecule has 6 nitrogen and oxygen atoms in total. The topological polar surface area (TPSA) is 86.5 Å². The number of aromatic carboxylic acids is 1. The second kappa shape index (κ2) is 5.97. The van der Waals surface area contributed by atoms with Gasteiger partial charge in [0.2, 0.25) is 0 Å². The van der Waals surface area contributed by atoms with E-state index in [1.807, 2.05) is 0 Å². The minimum atomic E-state index is -1.06. The Morgan fingerprint density at radius 3 is 2.57 bits per heavy atom. The molecule has 0 unspecified atom stereocenters. The highest BCUT2D eigenvalue weighted by atomic mass is 16.4. The largest absolute Gasteiger partial charge is 0.476 e. The summed E-state index contributed by atoms with van der Waals surface area (Å²) < 4.78 is 0. The van der Waals surface area contributed by atoms with Crippen LogP contribution in [-0.2, 0) is 0 Å². The van der Waals surface area contributed by atoms with Crippen LogP contribution < -0.4 is 4.90 Å². The summed E-state index contributed by atoms with van der Waals surface area (Å²) in [4.78, 5) is 21.1. The van der Waals surface area contributed by atoms with Crippen LogP contribution in [0.15, 0.2) is 12.4 Å². The summed E-state index contributed by atoms with van der Waals surface area (Å²) in [6.45, 7) is 1.53. The maximum Gasteiger partial charge on any atom is 0.356 e. The van der Waals surface area contributed by atoms with Crippen LogP contribution in [0.3, 0.4) is 0 Å². The highest BCUT2D eigenvalue weighted by molar-refractivity contribution is 5.84. The van der Waals surface area contributed by atoms with E-state index in [0.29, 0.717) is 17.7 Å². The van der Waals surface area contributed by atoms with Crippen LogP contribution in [0.5, 0.6) is 0 Å². The van der Waals surface area contributed by atoms with E-state index in [1.54, 1.807) is 0 Å². The molecule has 114 valence electrons. The average Bonchev–Trinajstić information content (AvgIpc) is 3.02. The molecule has 1 saturated carbocycles. The van der Waals surface area contributed by atoms with E-state index in [4.69, 9.17) is 5.11 Å². The van der Waals surface area contributed by atoms with Crippen molar-refractivity contribution in [3.63, 3.8) is 0 Å². The zero-order valence-corrected chi connectivity index (χ0v) is 12.0. The molecule has 0 bridgehead atoms. The predicted octanol–water partition coefficient (Wildman–Crippen LogP) is 1.55. The van der Waals surface area contributed by atoms with Gasteiger partial charge in [-0.15, -0.1) is 0 Å². The summed E-state index contributed by atoms with van der Waals surface area (Å²) in [6.07, 6.45) is 8.28. The van der Waals surface area contributed by atoms with Crippen LogP contribution in [0, 0.1) is 11.8 Å². The van der Waals surface area contributed by atoms with E-state index in [1.165, 1.54) is 38.1 Å². The molecule has 3 rings (SSSR count). The average molecular weight is 291 g/mol. The monoisotopic (exact) mass is 291 g/mol. The van der Waals surface area contributed by atoms with E-state index < -0.39 is 5.97 Å². The molecular weight excluding hydrogens is 270 g/mol. The number of hydrogen-bond acceptors (Lipinski definition) is 5. The summed E-state index contributed by atoms with van der Waals surface area (Å²) in [5.41, 5.74) is -0.0388. The van der Waals surface area contributed by atoms with Gasteiger partial charge in [0, 0.05) is 19.0 Å². The van der Waals surface area contributed by atoms with E-state index in [0.717, 1.165) is 19.5 Å². The Morgan fingerprint density at radius 1 is 1.19 bits per heavy atom. The Kier molecular flexibility index (Phi) is 4.05. The lowest BCUT2D eigenvalue weighted by Gasteiger charge is -2.39. The van der Waals surface area contributed by atoms with Crippen LogP contribution in [0.1, 0.15) is 42.6 Å². The van der Waals surface area contributed by atoms with Crippen LogP contribution in [0.4, 0.5) is 5.82 Å². The highest BCUT2D eigenvalue weighted by Gasteiger charge is 2.35. The third-order valence-electron chi connectivity index (χ3n) is 4.81. The molecule has 2 atom stereocenters. The summed E-state index contributed by atoms with van der Waals surface area (Å²) in [6, 6.07) is 0. The highest BCUT2D eigenvalue weighted by Crippen LogP contribution is 2.36. The number of hydrogen-bond donors (Lipinski definition) is 2. The van der Waals surface area contributed by atoms with E-state index in [2.05, 4.69) is 14.9 Å². The zero-order valence-electron chi connectivity index (χ0n) is 12.0. The Bertz CT molecular complexity index is 499. The van der Waals surface area contributed by atoms with Gasteiger partial charge in [-0.05, 0) is 12.3 Å². The van der Waals surface area contributed by atoms with E-state index in [9.17, 15) is 9.90 Å². The fourth-order valence-electron chi connectivity index (χ4n) is 3.62. The number of carboxylic acid groups (broad SMARTS) is 1. The van der Waals surface area contributed by atoms with Crippen molar-refractivity contribution in [2.75, 3.05) is 18.0 Å². The summed E-state index contributed by atoms with van der Waals surface area (Å²) in [5.74, 6) is 0.540. The number of carboxylic acids is 1. The first-order valence-electron chi connectivity index (χ1n) is 7.63. The van der Waals surface area contributed by atoms with Gasteiger partial charge < -0.3 is 15.1 Å². The van der Waals surface area contributed by atoms with Crippen LogP contribution in [0.2, 0.25) is 0 Å². The molecule has 0 aromatic carbocycles. The van der Waals surface area contributed by atoms with E-state index in [-0.39, 0.29) is 11.8 Å². The van der Waals surface area contributed by atoms with Crippen LogP contribution >= 0.6 is 0 Å². The third kappa shape index (κ3) is 3.00. The van der Waals surface area contributed by atoms with Gasteiger partial charge in [0.05, 0.1) is 18.5 Å². The SMILES string of the molecule is O=C(O)c1cnc(N2CC[C@@H](O)[C@H](C3CCCC3)C2)cn1. The van der Waals surface area contributed by atoms with Gasteiger partial charge >= 0.3 is 5.97 Å². The molecule has 2 heterocycles. The number of piperidine rings is 1. The van der Waals surface area contributed by atoms with Crippen molar-refractivity contribution in [3.05, 3.63) is 18.1 Å². The lowest BCUT2D eigenvalue weighted by atomic mass is 9.82. The molecule has 0 radical (unpaired) electrons. The van der Waals surface area contributed by atoms with E-state index >= 15 is 0 Å². The standard InChI is InChI=1S/C15H21N3O3/c19-13-5-6-18(9-11(13)10-3-1-2-4-10)14-8-16-12(7-17-14)15(20)21/h7-8,10-11,13,19H,1-6,9H2,(H,20,21)/t11-,13+/m0/s1. The minimum Gasteiger partial charge on any atom is -0.476 e. The molecular formula is C15H21N3O3. The zero-order chi connectivity index (χ0) is 14.8. The second-order valence-electron chi connectivity index (χ2n) is 6.08. The summed E-state index contributed by atoms with van der Waals surface area (Å²) in [5, 5.41) is 19.1. The van der Waals surface area contributed by atoms with Gasteiger partial charge in [0.1, 0.15) is 5.82 Å². The Hall–Kier alpha value is -1.69. The fraction of sp³-hybridized carbons (Fsp3) is 0.667. The normalized spacial score (nSPS) is 27.0. The number of nitrogens with zero attached hydrogens (tertiary/aromatic N) is 3. The fourth-order valence-corrected chi connectivity index (χ4v) is 3.62. The Morgan fingerprint density at radius 2 is 1.95 bits per heavy atom. The lowest BCUT2D eigenvalue weighted by molar-refractivity contribution is 0.0561. The number of aliphatic hydroxyl groups excluding tert-OH is 1. The second-order valence-corrected chi connectivity index (χ2v) is 6.08. The summed E-state index contributed by atoms with van der Waals surface area (Å²) >= 11 is 0. The molecule has 0 spiro atoms. The number of aromatic nitrogens is 2.